The van der Waals surface area contributed by atoms with Crippen LogP contribution in [0.25, 0.3) is 0 Å². The molecule has 0 aliphatic heterocycles. The molecule has 0 amide bonds. The molecule has 0 rings (SSSR count). The largest absolute Gasteiger partial charge is 0.766 e. The maximum absolute atomic E-state index is 10.2. The molecule has 0 spiro atoms. The Kier molecular flexibility index (Phi) is 4.90. The van der Waals surface area contributed by atoms with Crippen molar-refractivity contribution in [3.05, 3.63) is 0 Å². The quantitative estimate of drug-likeness (QED) is 0.474. The highest BCUT2D eigenvalue weighted by Crippen LogP contribution is 2.34. The van der Waals surface area contributed by atoms with Gasteiger partial charge in [0.1, 0.15) is 0 Å². The summed E-state index contributed by atoms with van der Waals surface area (Å²) in [6, 6.07) is 0. The Labute approximate surface area is 53.0 Å². The molecule has 0 aliphatic carbocycles. The lowest BCUT2D eigenvalue weighted by Crippen LogP contribution is -1.99. The molecule has 0 radical (unpaired) electrons. The Morgan fingerprint density at radius 2 is 2.11 bits per heavy atom. The van der Waals surface area contributed by atoms with Crippen molar-refractivity contribution in [2.24, 2.45) is 0 Å². The second-order valence-electron chi connectivity index (χ2n) is 0.839. The van der Waals surface area contributed by atoms with Crippen LogP contribution in [0.2, 0.25) is 0 Å². The van der Waals surface area contributed by atoms with E-state index in [-0.39, 0.29) is 0 Å². The van der Waals surface area contributed by atoms with Crippen molar-refractivity contribution in [1.29, 1.82) is 0 Å². The van der Waals surface area contributed by atoms with Crippen molar-refractivity contribution in [3.63, 3.8) is 0 Å². The lowest BCUT2D eigenvalue weighted by molar-refractivity contribution is 0.207. The summed E-state index contributed by atoms with van der Waals surface area (Å²) in [5.74, 6) is 0. The fourth-order valence-corrected chi connectivity index (χ4v) is 0.887. The van der Waals surface area contributed by atoms with Gasteiger partial charge in [0.05, 0.1) is 0 Å². The van der Waals surface area contributed by atoms with Crippen LogP contribution in [-0.2, 0) is 18.1 Å². The Bertz CT molecular complexity index is 124. The van der Waals surface area contributed by atoms with Crippen molar-refractivity contribution in [1.82, 2.24) is 5.48 Å². The number of hydrogen-bond acceptors (Lipinski definition) is 5. The topological polar surface area (TPSA) is 84.9 Å². The molecule has 0 heterocycles. The Balaban J connectivity index is 3.39. The van der Waals surface area contributed by atoms with Crippen molar-refractivity contribution in [3.8, 4) is 0 Å². The summed E-state index contributed by atoms with van der Waals surface area (Å²) in [6.45, 7) is 0. The fourth-order valence-electron chi connectivity index (χ4n) is 0.148. The third-order valence-electron chi connectivity index (χ3n) is 0.302. The second kappa shape index (κ2) is 4.88. The van der Waals surface area contributed by atoms with E-state index in [1.807, 2.05) is 5.48 Å². The van der Waals surface area contributed by atoms with Gasteiger partial charge < -0.3 is 0 Å². The molecule has 6 nitrogen and oxygen atoms in total. The van der Waals surface area contributed by atoms with E-state index in [1.54, 1.807) is 0 Å². The van der Waals surface area contributed by atoms with Gasteiger partial charge in [0.2, 0.25) is 0 Å². The summed E-state index contributed by atoms with van der Waals surface area (Å²) in [5.41, 5.74) is 2.02. The fraction of sp³-hybridized carbons (Fsp3) is 1.00. The molecule has 0 aliphatic rings. The summed E-state index contributed by atoms with van der Waals surface area (Å²) in [7, 11) is -4.02. The highest BCUT2D eigenvalue weighted by atomic mass is 31.2. The van der Waals surface area contributed by atoms with Gasteiger partial charge in [-0.25, -0.2) is 0 Å². The molecule has 0 aromatic carbocycles. The van der Waals surface area contributed by atoms with E-state index >= 15 is 0 Å². The molecule has 0 saturated carbocycles. The van der Waals surface area contributed by atoms with Crippen molar-refractivity contribution < 1.29 is 23.0 Å². The molecule has 0 aromatic rings. The summed E-state index contributed by atoms with van der Waals surface area (Å²) in [4.78, 5) is 7.94. The lowest BCUT2D eigenvalue weighted by Gasteiger charge is -1.73. The summed E-state index contributed by atoms with van der Waals surface area (Å²) < 4.78 is 27.7. The smallest absolute Gasteiger partial charge is 0.152 e. The van der Waals surface area contributed by atoms with Crippen LogP contribution in [0, 0.1) is 0 Å². The molecule has 2 atom stereocenters. The summed E-state index contributed by atoms with van der Waals surface area (Å²) >= 11 is 0. The number of hydrogen-bond donors (Lipinski definition) is 2. The van der Waals surface area contributed by atoms with Crippen LogP contribution in [0.3, 0.4) is 0 Å². The molecule has 52 valence electrons. The highest BCUT2D eigenvalue weighted by molar-refractivity contribution is 7.47. The Hall–Kier alpha value is 0.0400. The zero-order valence-electron chi connectivity index (χ0n) is 4.47. The Morgan fingerprint density at radius 3 is 2.44 bits per heavy atom. The van der Waals surface area contributed by atoms with Gasteiger partial charge in [-0.1, -0.05) is 0 Å². The Morgan fingerprint density at radius 1 is 1.56 bits per heavy atom. The second-order valence-corrected chi connectivity index (χ2v) is 2.60. The van der Waals surface area contributed by atoms with Gasteiger partial charge in [-0.2, -0.15) is 5.48 Å². The molecule has 0 saturated heterocycles. The van der Waals surface area contributed by atoms with E-state index in [9.17, 15) is 9.13 Å². The van der Waals surface area contributed by atoms with Gasteiger partial charge in [-0.15, -0.1) is 4.89 Å². The minimum absolute atomic E-state index is 1.35. The van der Waals surface area contributed by atoms with E-state index in [2.05, 4.69) is 8.94 Å². The standard InChI is InChI=1S/CH4NO5P2/c1-2-6-9(5)7-8(3)4/h2H,1H3/q+1/p+1. The number of rotatable bonds is 4. The predicted octanol–water partition coefficient (Wildman–Crippen LogP) is 0.461. The number of hydroxylamine groups is 1. The van der Waals surface area contributed by atoms with Gasteiger partial charge in [0, 0.05) is 16.2 Å². The van der Waals surface area contributed by atoms with E-state index in [4.69, 9.17) is 4.89 Å². The lowest BCUT2D eigenvalue weighted by atomic mass is 11.6. The molecule has 0 fully saturated rings. The van der Waals surface area contributed by atoms with E-state index in [1.165, 1.54) is 7.05 Å². The predicted molar refractivity (Wildman–Crippen MR) is 28.7 cm³/mol. The zero-order chi connectivity index (χ0) is 7.28. The van der Waals surface area contributed by atoms with Crippen molar-refractivity contribution in [2.75, 3.05) is 7.05 Å². The summed E-state index contributed by atoms with van der Waals surface area (Å²) in [5, 5.41) is 0. The van der Waals surface area contributed by atoms with E-state index in [0.717, 1.165) is 0 Å². The third-order valence-corrected chi connectivity index (χ3v) is 1.73. The molecular formula is CH5NO5P2+2. The first-order valence-corrected chi connectivity index (χ1v) is 4.04. The number of nitrogens with one attached hydrogen (secondary N) is 1. The van der Waals surface area contributed by atoms with Crippen LogP contribution in [-0.4, -0.2) is 11.9 Å². The maximum Gasteiger partial charge on any atom is 0.766 e. The molecule has 9 heavy (non-hydrogen) atoms. The monoisotopic (exact) mass is 173 g/mol. The van der Waals surface area contributed by atoms with Crippen LogP contribution in [0.15, 0.2) is 0 Å². The average Bonchev–Trinajstić information content (AvgIpc) is 1.63. The van der Waals surface area contributed by atoms with Gasteiger partial charge in [0.15, 0.2) is 4.31 Å². The van der Waals surface area contributed by atoms with Crippen LogP contribution >= 0.6 is 16.5 Å². The third kappa shape index (κ3) is 5.92. The van der Waals surface area contributed by atoms with Gasteiger partial charge in [-0.05, 0) is 4.62 Å². The zero-order valence-corrected chi connectivity index (χ0v) is 6.26. The van der Waals surface area contributed by atoms with Crippen molar-refractivity contribution in [2.45, 2.75) is 0 Å². The minimum Gasteiger partial charge on any atom is -0.152 e. The van der Waals surface area contributed by atoms with Crippen LogP contribution in [0.1, 0.15) is 0 Å². The van der Waals surface area contributed by atoms with E-state index in [0.29, 0.717) is 0 Å². The first-order chi connectivity index (χ1) is 4.16. The normalized spacial score (nSPS) is 13.1. The first kappa shape index (κ1) is 9.04. The van der Waals surface area contributed by atoms with Gasteiger partial charge in [-0.3, -0.25) is 0 Å². The van der Waals surface area contributed by atoms with Crippen LogP contribution < -0.4 is 5.48 Å². The molecule has 2 unspecified atom stereocenters. The van der Waals surface area contributed by atoms with Crippen LogP contribution in [0.5, 0.6) is 0 Å². The first-order valence-electron chi connectivity index (χ1n) is 1.82. The highest BCUT2D eigenvalue weighted by Gasteiger charge is 2.36. The summed E-state index contributed by atoms with van der Waals surface area (Å²) in [6.07, 6.45) is 0. The molecule has 0 aromatic heterocycles. The molecule has 0 bridgehead atoms. The van der Waals surface area contributed by atoms with E-state index < -0.39 is 16.5 Å². The minimum atomic E-state index is -2.85. The maximum atomic E-state index is 10.2. The van der Waals surface area contributed by atoms with Gasteiger partial charge >= 0.3 is 16.5 Å². The SMILES string of the molecule is CNO[P+](=O)O[P+](=O)O. The van der Waals surface area contributed by atoms with Crippen LogP contribution in [0.4, 0.5) is 0 Å². The van der Waals surface area contributed by atoms with Crippen molar-refractivity contribution >= 4 is 16.5 Å². The van der Waals surface area contributed by atoms with Gasteiger partial charge in [0.25, 0.3) is 0 Å². The molecular weight excluding hydrogens is 168 g/mol. The molecule has 8 heteroatoms. The molecule has 2 N–H and O–H groups in total. The average molecular weight is 173 g/mol.